The average molecular weight is 386 g/mol. The molecule has 1 saturated heterocycles. The van der Waals surface area contributed by atoms with Gasteiger partial charge in [-0.05, 0) is 48.6 Å². The molecule has 0 radical (unpaired) electrons. The summed E-state index contributed by atoms with van der Waals surface area (Å²) in [5.41, 5.74) is 1.99. The minimum absolute atomic E-state index is 0.381. The quantitative estimate of drug-likeness (QED) is 0.527. The first-order valence-corrected chi connectivity index (χ1v) is 10.4. The van der Waals surface area contributed by atoms with Crippen molar-refractivity contribution in [2.24, 2.45) is 10.4 Å². The fourth-order valence-electron chi connectivity index (χ4n) is 3.68. The maximum atomic E-state index is 11.3. The lowest BCUT2D eigenvalue weighted by atomic mass is 9.81. The van der Waals surface area contributed by atoms with Crippen molar-refractivity contribution < 1.29 is 19.4 Å². The van der Waals surface area contributed by atoms with Crippen LogP contribution in [-0.4, -0.2) is 43.7 Å². The predicted octanol–water partition coefficient (Wildman–Crippen LogP) is 4.76. The molecule has 0 aliphatic carbocycles. The second-order valence-corrected chi connectivity index (χ2v) is 7.82. The summed E-state index contributed by atoms with van der Waals surface area (Å²) in [6, 6.07) is 8.34. The van der Waals surface area contributed by atoms with Gasteiger partial charge in [0.25, 0.3) is 0 Å². The fraction of sp³-hybridized carbons (Fsp3) is 0.565. The molecule has 0 unspecified atom stereocenters. The number of carbonyl (C=O) groups is 1. The van der Waals surface area contributed by atoms with Crippen LogP contribution in [0.2, 0.25) is 0 Å². The van der Waals surface area contributed by atoms with Gasteiger partial charge < -0.3 is 14.6 Å². The van der Waals surface area contributed by atoms with E-state index in [1.165, 1.54) is 17.6 Å². The van der Waals surface area contributed by atoms with Gasteiger partial charge in [0.15, 0.2) is 0 Å². The van der Waals surface area contributed by atoms with Crippen LogP contribution in [0, 0.1) is 5.41 Å². The van der Waals surface area contributed by atoms with Crippen LogP contribution in [0.15, 0.2) is 35.3 Å². The number of aliphatic imine (C=N–C) groups is 1. The molecule has 3 rings (SSSR count). The number of rotatable bonds is 12. The molecular formula is C23H31NO4. The molecule has 28 heavy (non-hydrogen) atoms. The Hall–Kier alpha value is -2.14. The molecule has 0 saturated carbocycles. The highest BCUT2D eigenvalue weighted by molar-refractivity contribution is 5.86. The first-order chi connectivity index (χ1) is 13.7. The fourth-order valence-corrected chi connectivity index (χ4v) is 3.68. The molecule has 5 nitrogen and oxygen atoms in total. The second kappa shape index (κ2) is 10.4. The van der Waals surface area contributed by atoms with E-state index in [2.05, 4.69) is 23.2 Å². The third kappa shape index (κ3) is 5.68. The Morgan fingerprint density at radius 2 is 1.79 bits per heavy atom. The van der Waals surface area contributed by atoms with Gasteiger partial charge >= 0.3 is 5.97 Å². The maximum Gasteiger partial charge on any atom is 0.314 e. The highest BCUT2D eigenvalue weighted by Gasteiger charge is 2.45. The summed E-state index contributed by atoms with van der Waals surface area (Å²) in [5, 5.41) is 9.26. The van der Waals surface area contributed by atoms with Crippen LogP contribution < -0.4 is 4.74 Å². The Morgan fingerprint density at radius 3 is 2.39 bits per heavy atom. The smallest absolute Gasteiger partial charge is 0.314 e. The highest BCUT2D eigenvalue weighted by Crippen LogP contribution is 2.33. The van der Waals surface area contributed by atoms with Crippen molar-refractivity contribution in [3.8, 4) is 5.75 Å². The van der Waals surface area contributed by atoms with Crippen molar-refractivity contribution >= 4 is 17.8 Å². The molecule has 2 heterocycles. The zero-order chi connectivity index (χ0) is 19.7. The lowest BCUT2D eigenvalue weighted by Gasteiger charge is -2.37. The van der Waals surface area contributed by atoms with Gasteiger partial charge in [-0.3, -0.25) is 9.79 Å². The van der Waals surface area contributed by atoms with Crippen LogP contribution >= 0.6 is 0 Å². The number of aliphatic carboxylic acids is 1. The van der Waals surface area contributed by atoms with Gasteiger partial charge in [-0.15, -0.1) is 0 Å². The number of unbranched alkanes of at least 4 members (excludes halogenated alkanes) is 5. The van der Waals surface area contributed by atoms with E-state index in [1.807, 2.05) is 18.3 Å². The summed E-state index contributed by atoms with van der Waals surface area (Å²) in [4.78, 5) is 15.5. The van der Waals surface area contributed by atoms with Gasteiger partial charge in [0.05, 0.1) is 19.8 Å². The van der Waals surface area contributed by atoms with Crippen LogP contribution in [0.25, 0.3) is 5.57 Å². The van der Waals surface area contributed by atoms with Crippen molar-refractivity contribution in [3.63, 3.8) is 0 Å². The monoisotopic (exact) mass is 385 g/mol. The number of ether oxygens (including phenoxy) is 2. The summed E-state index contributed by atoms with van der Waals surface area (Å²) >= 11 is 0. The Bertz CT molecular complexity index is 689. The van der Waals surface area contributed by atoms with Gasteiger partial charge in [-0.25, -0.2) is 0 Å². The number of carboxylic acids is 1. The SMILES string of the molecule is O=C(O)C1(CCCCCCCCOc2ccc(C3=CC=NCC3)cc2)COC1. The minimum Gasteiger partial charge on any atom is -0.494 e. The third-order valence-electron chi connectivity index (χ3n) is 5.65. The normalized spacial score (nSPS) is 17.6. The number of benzene rings is 1. The van der Waals surface area contributed by atoms with Crippen LogP contribution in [0.3, 0.4) is 0 Å². The Labute approximate surface area is 167 Å². The van der Waals surface area contributed by atoms with Crippen molar-refractivity contribution in [3.05, 3.63) is 35.9 Å². The topological polar surface area (TPSA) is 68.1 Å². The Morgan fingerprint density at radius 1 is 1.07 bits per heavy atom. The average Bonchev–Trinajstić information content (AvgIpc) is 2.69. The molecule has 0 amide bonds. The Kier molecular flexibility index (Phi) is 7.66. The molecule has 0 spiro atoms. The molecule has 1 N–H and O–H groups in total. The van der Waals surface area contributed by atoms with Gasteiger partial charge in [0.1, 0.15) is 11.2 Å². The largest absolute Gasteiger partial charge is 0.494 e. The molecule has 1 aromatic carbocycles. The van der Waals surface area contributed by atoms with Gasteiger partial charge in [-0.1, -0.05) is 44.2 Å². The van der Waals surface area contributed by atoms with Gasteiger partial charge in [0.2, 0.25) is 0 Å². The summed E-state index contributed by atoms with van der Waals surface area (Å²) in [5.74, 6) is 0.226. The van der Waals surface area contributed by atoms with E-state index in [0.717, 1.165) is 63.8 Å². The minimum atomic E-state index is -0.701. The van der Waals surface area contributed by atoms with E-state index in [4.69, 9.17) is 9.47 Å². The number of hydrogen-bond donors (Lipinski definition) is 1. The van der Waals surface area contributed by atoms with Crippen LogP contribution in [-0.2, 0) is 9.53 Å². The van der Waals surface area contributed by atoms with Crippen molar-refractivity contribution in [1.82, 2.24) is 0 Å². The van der Waals surface area contributed by atoms with E-state index in [0.29, 0.717) is 13.2 Å². The van der Waals surface area contributed by atoms with Crippen molar-refractivity contribution in [2.45, 2.75) is 51.4 Å². The molecule has 0 aromatic heterocycles. The molecule has 2 aliphatic rings. The summed E-state index contributed by atoms with van der Waals surface area (Å²) < 4.78 is 10.9. The summed E-state index contributed by atoms with van der Waals surface area (Å²) in [6.07, 6.45) is 12.3. The molecule has 2 aliphatic heterocycles. The zero-order valence-corrected chi connectivity index (χ0v) is 16.6. The Balaban J connectivity index is 1.22. The van der Waals surface area contributed by atoms with Gasteiger partial charge in [-0.2, -0.15) is 0 Å². The number of carboxylic acid groups (broad SMARTS) is 1. The standard InChI is InChI=1S/C23H31NO4/c25-22(26)23(17-27-18-23)13-5-3-1-2-4-6-16-28-21-9-7-19(8-10-21)20-11-14-24-15-12-20/h7-11,14H,1-6,12-13,15-18H2,(H,25,26). The molecule has 0 atom stereocenters. The lowest BCUT2D eigenvalue weighted by molar-refractivity contribution is -0.181. The second-order valence-electron chi connectivity index (χ2n) is 7.82. The van der Waals surface area contributed by atoms with Crippen LogP contribution in [0.1, 0.15) is 56.9 Å². The predicted molar refractivity (Wildman–Crippen MR) is 111 cm³/mol. The third-order valence-corrected chi connectivity index (χ3v) is 5.65. The molecule has 0 bridgehead atoms. The number of allylic oxidation sites excluding steroid dienone is 1. The molecular weight excluding hydrogens is 354 g/mol. The van der Waals surface area contributed by atoms with Crippen LogP contribution in [0.5, 0.6) is 5.75 Å². The van der Waals surface area contributed by atoms with Crippen molar-refractivity contribution in [2.75, 3.05) is 26.4 Å². The molecule has 1 aromatic rings. The first kappa shape index (κ1) is 20.6. The van der Waals surface area contributed by atoms with E-state index in [9.17, 15) is 9.90 Å². The molecule has 5 heteroatoms. The van der Waals surface area contributed by atoms with Crippen molar-refractivity contribution in [1.29, 1.82) is 0 Å². The summed E-state index contributed by atoms with van der Waals surface area (Å²) in [7, 11) is 0. The summed E-state index contributed by atoms with van der Waals surface area (Å²) in [6.45, 7) is 2.38. The number of nitrogens with zero attached hydrogens (tertiary/aromatic N) is 1. The first-order valence-electron chi connectivity index (χ1n) is 10.4. The van der Waals surface area contributed by atoms with Crippen LogP contribution in [0.4, 0.5) is 0 Å². The number of hydrogen-bond acceptors (Lipinski definition) is 4. The molecule has 1 fully saturated rings. The lowest BCUT2D eigenvalue weighted by Crippen LogP contribution is -2.48. The molecule has 152 valence electrons. The van der Waals surface area contributed by atoms with E-state index >= 15 is 0 Å². The van der Waals surface area contributed by atoms with Gasteiger partial charge in [0, 0.05) is 12.8 Å². The van der Waals surface area contributed by atoms with E-state index in [1.54, 1.807) is 0 Å². The van der Waals surface area contributed by atoms with E-state index < -0.39 is 11.4 Å². The highest BCUT2D eigenvalue weighted by atomic mass is 16.5. The zero-order valence-electron chi connectivity index (χ0n) is 16.6. The van der Waals surface area contributed by atoms with E-state index in [-0.39, 0.29) is 0 Å². The maximum absolute atomic E-state index is 11.3. The number of dihydropyridines is 1.